The van der Waals surface area contributed by atoms with E-state index < -0.39 is 0 Å². The molecule has 2 heterocycles. The van der Waals surface area contributed by atoms with E-state index in [9.17, 15) is 0 Å². The van der Waals surface area contributed by atoms with Crippen molar-refractivity contribution in [3.63, 3.8) is 0 Å². The van der Waals surface area contributed by atoms with E-state index in [2.05, 4.69) is 51.7 Å². The molecule has 3 rings (SSSR count). The first-order valence-electron chi connectivity index (χ1n) is 9.12. The van der Waals surface area contributed by atoms with Crippen molar-refractivity contribution in [3.8, 4) is 0 Å². The Hall–Kier alpha value is -1.79. The predicted octanol–water partition coefficient (Wildman–Crippen LogP) is 3.92. The van der Waals surface area contributed by atoms with E-state index in [-0.39, 0.29) is 6.04 Å². The second-order valence-corrected chi connectivity index (χ2v) is 7.42. The van der Waals surface area contributed by atoms with E-state index in [1.54, 1.807) is 6.26 Å². The topological polar surface area (TPSA) is 58.8 Å². The van der Waals surface area contributed by atoms with Crippen LogP contribution in [0.5, 0.6) is 0 Å². The summed E-state index contributed by atoms with van der Waals surface area (Å²) >= 11 is 3.63. The average Bonchev–Trinajstić information content (AvgIpc) is 3.33. The molecule has 0 amide bonds. The zero-order valence-electron chi connectivity index (χ0n) is 15.1. The smallest absolute Gasteiger partial charge is 0.191 e. The van der Waals surface area contributed by atoms with Gasteiger partial charge in [0.25, 0.3) is 0 Å². The molecule has 26 heavy (non-hydrogen) atoms. The number of hydrogen-bond acceptors (Lipinski definition) is 3. The van der Waals surface area contributed by atoms with Gasteiger partial charge in [-0.25, -0.2) is 0 Å². The SMILES string of the molecule is CC(NC(=NCC1CCOC1)NCCc1ccco1)c1ccccc1Br. The molecule has 5 nitrogen and oxygen atoms in total. The standard InChI is InChI=1S/C20H26BrN3O2/c1-15(18-6-2-3-7-19(18)21)24-20(23-13-16-9-12-25-14-16)22-10-8-17-5-4-11-26-17/h2-7,11,15-16H,8-10,12-14H2,1H3,(H2,22,23,24). The van der Waals surface area contributed by atoms with E-state index in [0.717, 1.165) is 55.3 Å². The second-order valence-electron chi connectivity index (χ2n) is 6.56. The molecule has 1 aliphatic heterocycles. The van der Waals surface area contributed by atoms with Gasteiger partial charge in [0, 0.05) is 36.5 Å². The van der Waals surface area contributed by atoms with Crippen LogP contribution in [0.2, 0.25) is 0 Å². The Morgan fingerprint density at radius 3 is 2.92 bits per heavy atom. The molecule has 2 N–H and O–H groups in total. The highest BCUT2D eigenvalue weighted by atomic mass is 79.9. The van der Waals surface area contributed by atoms with Gasteiger partial charge in [0.2, 0.25) is 0 Å². The number of aliphatic imine (C=N–C) groups is 1. The number of nitrogens with one attached hydrogen (secondary N) is 2. The lowest BCUT2D eigenvalue weighted by Gasteiger charge is -2.20. The van der Waals surface area contributed by atoms with E-state index >= 15 is 0 Å². The lowest BCUT2D eigenvalue weighted by atomic mass is 10.1. The molecule has 1 aromatic heterocycles. The van der Waals surface area contributed by atoms with Gasteiger partial charge >= 0.3 is 0 Å². The number of furan rings is 1. The van der Waals surface area contributed by atoms with Gasteiger partial charge in [-0.05, 0) is 37.1 Å². The summed E-state index contributed by atoms with van der Waals surface area (Å²) in [6.07, 6.45) is 3.62. The fourth-order valence-electron chi connectivity index (χ4n) is 2.97. The first-order valence-corrected chi connectivity index (χ1v) is 9.91. The van der Waals surface area contributed by atoms with Crippen LogP contribution in [0.3, 0.4) is 0 Å². The van der Waals surface area contributed by atoms with Crippen LogP contribution >= 0.6 is 15.9 Å². The largest absolute Gasteiger partial charge is 0.469 e. The molecule has 0 bridgehead atoms. The fourth-order valence-corrected chi connectivity index (χ4v) is 3.60. The predicted molar refractivity (Wildman–Crippen MR) is 107 cm³/mol. The molecule has 1 fully saturated rings. The van der Waals surface area contributed by atoms with Crippen molar-refractivity contribution in [2.24, 2.45) is 10.9 Å². The zero-order valence-corrected chi connectivity index (χ0v) is 16.7. The number of hydrogen-bond donors (Lipinski definition) is 2. The number of nitrogens with zero attached hydrogens (tertiary/aromatic N) is 1. The van der Waals surface area contributed by atoms with Gasteiger partial charge in [0.15, 0.2) is 5.96 Å². The summed E-state index contributed by atoms with van der Waals surface area (Å²) in [5.41, 5.74) is 1.21. The number of ether oxygens (including phenoxy) is 1. The Kier molecular flexibility index (Phi) is 7.14. The maximum Gasteiger partial charge on any atom is 0.191 e. The summed E-state index contributed by atoms with van der Waals surface area (Å²) in [7, 11) is 0. The minimum absolute atomic E-state index is 0.139. The van der Waals surface area contributed by atoms with Crippen molar-refractivity contribution in [1.29, 1.82) is 0 Å². The Bertz CT molecular complexity index is 697. The van der Waals surface area contributed by atoms with Gasteiger partial charge in [-0.2, -0.15) is 0 Å². The van der Waals surface area contributed by atoms with Gasteiger partial charge < -0.3 is 19.8 Å². The molecule has 2 atom stereocenters. The molecular weight excluding hydrogens is 394 g/mol. The third-order valence-electron chi connectivity index (χ3n) is 4.50. The second kappa shape index (κ2) is 9.78. The van der Waals surface area contributed by atoms with E-state index in [0.29, 0.717) is 5.92 Å². The average molecular weight is 420 g/mol. The Morgan fingerprint density at radius 2 is 2.19 bits per heavy atom. The highest BCUT2D eigenvalue weighted by Gasteiger charge is 2.16. The van der Waals surface area contributed by atoms with Crippen LogP contribution < -0.4 is 10.6 Å². The van der Waals surface area contributed by atoms with Crippen LogP contribution in [0.15, 0.2) is 56.5 Å². The van der Waals surface area contributed by atoms with E-state index in [4.69, 9.17) is 14.1 Å². The summed E-state index contributed by atoms with van der Waals surface area (Å²) in [5, 5.41) is 6.94. The molecule has 140 valence electrons. The number of benzene rings is 1. The van der Waals surface area contributed by atoms with Gasteiger partial charge in [0.05, 0.1) is 18.9 Å². The number of guanidine groups is 1. The fraction of sp³-hybridized carbons (Fsp3) is 0.450. The first-order chi connectivity index (χ1) is 12.7. The monoisotopic (exact) mass is 419 g/mol. The molecule has 0 aliphatic carbocycles. The van der Waals surface area contributed by atoms with E-state index in [1.165, 1.54) is 5.56 Å². The van der Waals surface area contributed by atoms with Crippen LogP contribution in [0.4, 0.5) is 0 Å². The molecule has 0 saturated carbocycles. The van der Waals surface area contributed by atoms with Crippen LogP contribution in [0, 0.1) is 5.92 Å². The summed E-state index contributed by atoms with van der Waals surface area (Å²) in [6.45, 7) is 5.34. The van der Waals surface area contributed by atoms with Gasteiger partial charge in [-0.3, -0.25) is 4.99 Å². The van der Waals surface area contributed by atoms with Crippen molar-refractivity contribution >= 4 is 21.9 Å². The normalized spacial score (nSPS) is 18.7. The van der Waals surface area contributed by atoms with Crippen molar-refractivity contribution in [1.82, 2.24) is 10.6 Å². The Morgan fingerprint density at radius 1 is 1.31 bits per heavy atom. The van der Waals surface area contributed by atoms with Crippen LogP contribution in [-0.4, -0.2) is 32.3 Å². The highest BCUT2D eigenvalue weighted by Crippen LogP contribution is 2.22. The molecular formula is C20H26BrN3O2. The Labute approximate surface area is 163 Å². The van der Waals surface area contributed by atoms with Gasteiger partial charge in [0.1, 0.15) is 5.76 Å². The molecule has 1 aromatic carbocycles. The molecule has 1 aliphatic rings. The minimum Gasteiger partial charge on any atom is -0.469 e. The summed E-state index contributed by atoms with van der Waals surface area (Å²) in [5.74, 6) is 2.31. The maximum absolute atomic E-state index is 5.46. The van der Waals surface area contributed by atoms with Crippen molar-refractivity contribution < 1.29 is 9.15 Å². The lowest BCUT2D eigenvalue weighted by molar-refractivity contribution is 0.187. The first kappa shape index (κ1) is 19.0. The molecule has 0 spiro atoms. The quantitative estimate of drug-likeness (QED) is 0.527. The third-order valence-corrected chi connectivity index (χ3v) is 5.22. The Balaban J connectivity index is 1.60. The molecule has 1 saturated heterocycles. The molecule has 2 unspecified atom stereocenters. The molecule has 2 aromatic rings. The zero-order chi connectivity index (χ0) is 18.2. The number of rotatable bonds is 7. The van der Waals surface area contributed by atoms with Crippen molar-refractivity contribution in [2.45, 2.75) is 25.8 Å². The van der Waals surface area contributed by atoms with E-state index in [1.807, 2.05) is 18.2 Å². The van der Waals surface area contributed by atoms with Gasteiger partial charge in [-0.1, -0.05) is 34.1 Å². The van der Waals surface area contributed by atoms with Crippen LogP contribution in [-0.2, 0) is 11.2 Å². The lowest BCUT2D eigenvalue weighted by Crippen LogP contribution is -2.40. The summed E-state index contributed by atoms with van der Waals surface area (Å²) < 4.78 is 12.0. The van der Waals surface area contributed by atoms with Crippen molar-refractivity contribution in [2.75, 3.05) is 26.3 Å². The molecule has 6 heteroatoms. The van der Waals surface area contributed by atoms with Crippen LogP contribution in [0.25, 0.3) is 0 Å². The minimum atomic E-state index is 0.139. The van der Waals surface area contributed by atoms with Gasteiger partial charge in [-0.15, -0.1) is 0 Å². The van der Waals surface area contributed by atoms with Crippen LogP contribution in [0.1, 0.15) is 30.7 Å². The summed E-state index contributed by atoms with van der Waals surface area (Å²) in [4.78, 5) is 4.79. The summed E-state index contributed by atoms with van der Waals surface area (Å²) in [6, 6.07) is 12.3. The third kappa shape index (κ3) is 5.61. The molecule has 0 radical (unpaired) electrons. The van der Waals surface area contributed by atoms with Crippen molar-refractivity contribution in [3.05, 3.63) is 58.5 Å². The number of halogens is 1. The highest BCUT2D eigenvalue weighted by molar-refractivity contribution is 9.10. The maximum atomic E-state index is 5.46.